The summed E-state index contributed by atoms with van der Waals surface area (Å²) in [5.41, 5.74) is 0.731. The number of likely N-dealkylation sites (tertiary alicyclic amines) is 1. The van der Waals surface area contributed by atoms with Gasteiger partial charge in [-0.1, -0.05) is 12.8 Å². The molecule has 3 aliphatic rings. The summed E-state index contributed by atoms with van der Waals surface area (Å²) in [7, 11) is 0. The summed E-state index contributed by atoms with van der Waals surface area (Å²) in [6.07, 6.45) is 11.9. The fourth-order valence-corrected chi connectivity index (χ4v) is 3.96. The molecule has 0 aromatic carbocycles. The maximum atomic E-state index is 5.85. The van der Waals surface area contributed by atoms with Crippen LogP contribution in [0.15, 0.2) is 0 Å². The number of hydrogen-bond acceptors (Lipinski definition) is 2. The second-order valence-electron chi connectivity index (χ2n) is 6.18. The van der Waals surface area contributed by atoms with Crippen LogP contribution in [-0.2, 0) is 4.74 Å². The van der Waals surface area contributed by atoms with E-state index < -0.39 is 0 Å². The molecule has 1 spiro atoms. The highest BCUT2D eigenvalue weighted by Gasteiger charge is 2.40. The van der Waals surface area contributed by atoms with Gasteiger partial charge in [-0.3, -0.25) is 0 Å². The van der Waals surface area contributed by atoms with Crippen LogP contribution in [0.1, 0.15) is 51.4 Å². The summed E-state index contributed by atoms with van der Waals surface area (Å²) < 4.78 is 5.85. The third-order valence-electron chi connectivity index (χ3n) is 4.92. The van der Waals surface area contributed by atoms with Gasteiger partial charge in [0.1, 0.15) is 0 Å². The fourth-order valence-electron chi connectivity index (χ4n) is 3.96. The average molecular weight is 223 g/mol. The summed E-state index contributed by atoms with van der Waals surface area (Å²) in [5, 5.41) is 0. The zero-order valence-electron chi connectivity index (χ0n) is 10.4. The first-order valence-corrected chi connectivity index (χ1v) is 7.20. The van der Waals surface area contributed by atoms with Crippen molar-refractivity contribution in [3.05, 3.63) is 0 Å². The van der Waals surface area contributed by atoms with Crippen LogP contribution in [0.25, 0.3) is 0 Å². The minimum Gasteiger partial charge on any atom is -0.377 e. The van der Waals surface area contributed by atoms with Crippen LogP contribution < -0.4 is 0 Å². The van der Waals surface area contributed by atoms with E-state index in [2.05, 4.69) is 4.90 Å². The van der Waals surface area contributed by atoms with Gasteiger partial charge in [0.05, 0.1) is 6.10 Å². The molecule has 2 heteroatoms. The molecule has 1 aliphatic carbocycles. The van der Waals surface area contributed by atoms with E-state index in [4.69, 9.17) is 4.74 Å². The van der Waals surface area contributed by atoms with Crippen LogP contribution in [0, 0.1) is 5.41 Å². The average Bonchev–Trinajstić information content (AvgIpc) is 2.92. The molecule has 0 N–H and O–H groups in total. The van der Waals surface area contributed by atoms with Gasteiger partial charge in [-0.05, 0) is 50.5 Å². The summed E-state index contributed by atoms with van der Waals surface area (Å²) in [5.74, 6) is 0. The SMILES string of the molecule is C1CC[C@@H](CN2CCC3(CCCC3)C2)OC1. The second-order valence-corrected chi connectivity index (χ2v) is 6.18. The van der Waals surface area contributed by atoms with Crippen LogP contribution in [0.2, 0.25) is 0 Å². The molecule has 0 aromatic heterocycles. The molecule has 1 atom stereocenters. The lowest BCUT2D eigenvalue weighted by atomic mass is 9.86. The molecule has 2 heterocycles. The zero-order valence-corrected chi connectivity index (χ0v) is 10.4. The summed E-state index contributed by atoms with van der Waals surface area (Å²) in [6.45, 7) is 4.91. The Bertz CT molecular complexity index is 229. The maximum absolute atomic E-state index is 5.85. The molecular weight excluding hydrogens is 198 g/mol. The van der Waals surface area contributed by atoms with E-state index in [9.17, 15) is 0 Å². The molecule has 0 radical (unpaired) electrons. The first kappa shape index (κ1) is 11.0. The molecule has 2 nitrogen and oxygen atoms in total. The molecule has 0 unspecified atom stereocenters. The summed E-state index contributed by atoms with van der Waals surface area (Å²) in [4.78, 5) is 2.68. The molecule has 2 aliphatic heterocycles. The molecule has 2 saturated heterocycles. The van der Waals surface area contributed by atoms with Crippen LogP contribution in [0.5, 0.6) is 0 Å². The van der Waals surface area contributed by atoms with Crippen molar-refractivity contribution >= 4 is 0 Å². The first-order chi connectivity index (χ1) is 7.86. The van der Waals surface area contributed by atoms with E-state index in [1.807, 2.05) is 0 Å². The highest BCUT2D eigenvalue weighted by Crippen LogP contribution is 2.45. The predicted octanol–water partition coefficient (Wildman–Crippen LogP) is 2.82. The van der Waals surface area contributed by atoms with E-state index in [1.165, 1.54) is 71.0 Å². The Balaban J connectivity index is 1.49. The van der Waals surface area contributed by atoms with Crippen molar-refractivity contribution in [2.75, 3.05) is 26.2 Å². The summed E-state index contributed by atoms with van der Waals surface area (Å²) >= 11 is 0. The quantitative estimate of drug-likeness (QED) is 0.714. The van der Waals surface area contributed by atoms with Crippen molar-refractivity contribution in [1.82, 2.24) is 4.90 Å². The Morgan fingerprint density at radius 3 is 2.69 bits per heavy atom. The normalized spacial score (nSPS) is 34.9. The Morgan fingerprint density at radius 2 is 1.94 bits per heavy atom. The largest absolute Gasteiger partial charge is 0.377 e. The topological polar surface area (TPSA) is 12.5 Å². The first-order valence-electron chi connectivity index (χ1n) is 7.20. The Labute approximate surface area is 99.3 Å². The lowest BCUT2D eigenvalue weighted by Gasteiger charge is -2.28. The zero-order chi connectivity index (χ0) is 10.8. The van der Waals surface area contributed by atoms with Gasteiger partial charge in [0.15, 0.2) is 0 Å². The number of hydrogen-bond donors (Lipinski definition) is 0. The van der Waals surface area contributed by atoms with E-state index in [0.29, 0.717) is 6.10 Å². The van der Waals surface area contributed by atoms with Crippen LogP contribution in [-0.4, -0.2) is 37.2 Å². The Hall–Kier alpha value is -0.0800. The number of rotatable bonds is 2. The van der Waals surface area contributed by atoms with Gasteiger partial charge < -0.3 is 9.64 Å². The smallest absolute Gasteiger partial charge is 0.0702 e. The van der Waals surface area contributed by atoms with Gasteiger partial charge in [0.25, 0.3) is 0 Å². The van der Waals surface area contributed by atoms with E-state index >= 15 is 0 Å². The van der Waals surface area contributed by atoms with E-state index in [0.717, 1.165) is 12.0 Å². The molecule has 0 amide bonds. The van der Waals surface area contributed by atoms with Gasteiger partial charge in [-0.15, -0.1) is 0 Å². The van der Waals surface area contributed by atoms with Crippen molar-refractivity contribution in [3.63, 3.8) is 0 Å². The van der Waals surface area contributed by atoms with Gasteiger partial charge >= 0.3 is 0 Å². The van der Waals surface area contributed by atoms with Crippen LogP contribution >= 0.6 is 0 Å². The molecule has 3 rings (SSSR count). The van der Waals surface area contributed by atoms with Crippen LogP contribution in [0.4, 0.5) is 0 Å². The lowest BCUT2D eigenvalue weighted by Crippen LogP contribution is -2.35. The van der Waals surface area contributed by atoms with E-state index in [1.54, 1.807) is 0 Å². The van der Waals surface area contributed by atoms with Gasteiger partial charge in [-0.2, -0.15) is 0 Å². The lowest BCUT2D eigenvalue weighted by molar-refractivity contribution is -0.00346. The van der Waals surface area contributed by atoms with Crippen molar-refractivity contribution in [3.8, 4) is 0 Å². The van der Waals surface area contributed by atoms with Gasteiger partial charge in [-0.25, -0.2) is 0 Å². The predicted molar refractivity (Wildman–Crippen MR) is 65.5 cm³/mol. The molecular formula is C14H25NO. The number of nitrogens with zero attached hydrogens (tertiary/aromatic N) is 1. The standard InChI is InChI=1S/C14H25NO/c1-4-10-16-13(5-1)11-15-9-8-14(12-15)6-2-3-7-14/h13H,1-12H2/t13-/m0/s1. The van der Waals surface area contributed by atoms with E-state index in [-0.39, 0.29) is 0 Å². The minimum atomic E-state index is 0.547. The molecule has 92 valence electrons. The molecule has 3 fully saturated rings. The highest BCUT2D eigenvalue weighted by atomic mass is 16.5. The second kappa shape index (κ2) is 4.66. The van der Waals surface area contributed by atoms with Crippen molar-refractivity contribution in [1.29, 1.82) is 0 Å². The van der Waals surface area contributed by atoms with Gasteiger partial charge in [0, 0.05) is 19.7 Å². The van der Waals surface area contributed by atoms with Gasteiger partial charge in [0.2, 0.25) is 0 Å². The third-order valence-corrected chi connectivity index (χ3v) is 4.92. The maximum Gasteiger partial charge on any atom is 0.0702 e. The molecule has 0 bridgehead atoms. The summed E-state index contributed by atoms with van der Waals surface area (Å²) in [6, 6.07) is 0. The van der Waals surface area contributed by atoms with Crippen LogP contribution in [0.3, 0.4) is 0 Å². The van der Waals surface area contributed by atoms with Crippen molar-refractivity contribution in [2.45, 2.75) is 57.5 Å². The minimum absolute atomic E-state index is 0.547. The molecule has 0 aromatic rings. The monoisotopic (exact) mass is 223 g/mol. The number of ether oxygens (including phenoxy) is 1. The highest BCUT2D eigenvalue weighted by molar-refractivity contribution is 4.93. The Kier molecular flexibility index (Phi) is 3.21. The molecule has 1 saturated carbocycles. The van der Waals surface area contributed by atoms with Crippen molar-refractivity contribution < 1.29 is 4.74 Å². The molecule has 16 heavy (non-hydrogen) atoms. The Morgan fingerprint density at radius 1 is 1.06 bits per heavy atom. The fraction of sp³-hybridized carbons (Fsp3) is 1.00. The third kappa shape index (κ3) is 2.28. The van der Waals surface area contributed by atoms with Crippen molar-refractivity contribution in [2.24, 2.45) is 5.41 Å².